The molecule has 7 heteroatoms. The van der Waals surface area contributed by atoms with Crippen molar-refractivity contribution in [1.82, 2.24) is 9.97 Å². The Morgan fingerprint density at radius 1 is 1.16 bits per heavy atom. The first-order chi connectivity index (χ1) is 12.0. The molecule has 1 aromatic rings. The SMILES string of the molecule is CCN(c1nc(C)cc(NC2CCCCCC2)n1)C1CCS(=O)(=O)C1. The molecular formula is C18H30N4O2S. The molecule has 3 rings (SSSR count). The average Bonchev–Trinajstić information content (AvgIpc) is 2.74. The number of nitrogens with zero attached hydrogens (tertiary/aromatic N) is 3. The fourth-order valence-electron chi connectivity index (χ4n) is 3.97. The van der Waals surface area contributed by atoms with Gasteiger partial charge in [-0.05, 0) is 33.1 Å². The van der Waals surface area contributed by atoms with Crippen LogP contribution in [0.4, 0.5) is 11.8 Å². The molecule has 1 saturated carbocycles. The minimum absolute atomic E-state index is 0.0115. The fourth-order valence-corrected chi connectivity index (χ4v) is 5.70. The van der Waals surface area contributed by atoms with Crippen LogP contribution in [0.3, 0.4) is 0 Å². The molecule has 0 bridgehead atoms. The highest BCUT2D eigenvalue weighted by Gasteiger charge is 2.33. The number of anilines is 2. The third kappa shape index (κ3) is 4.84. The van der Waals surface area contributed by atoms with E-state index in [1.165, 1.54) is 38.5 Å². The van der Waals surface area contributed by atoms with E-state index in [-0.39, 0.29) is 17.5 Å². The van der Waals surface area contributed by atoms with Gasteiger partial charge in [-0.2, -0.15) is 4.98 Å². The Hall–Kier alpha value is -1.37. The van der Waals surface area contributed by atoms with Crippen molar-refractivity contribution in [2.75, 3.05) is 28.3 Å². The number of nitrogens with one attached hydrogen (secondary N) is 1. The summed E-state index contributed by atoms with van der Waals surface area (Å²) in [5.74, 6) is 2.01. The van der Waals surface area contributed by atoms with Gasteiger partial charge >= 0.3 is 0 Å². The molecule has 1 N–H and O–H groups in total. The Morgan fingerprint density at radius 2 is 1.88 bits per heavy atom. The van der Waals surface area contributed by atoms with Crippen molar-refractivity contribution in [1.29, 1.82) is 0 Å². The lowest BCUT2D eigenvalue weighted by Crippen LogP contribution is -2.37. The standard InChI is InChI=1S/C18H30N4O2S/c1-3-22(16-10-11-25(23,24)13-16)18-19-14(2)12-17(21-18)20-15-8-6-4-5-7-9-15/h12,15-16H,3-11,13H2,1-2H3,(H,19,20,21). The highest BCUT2D eigenvalue weighted by Crippen LogP contribution is 2.25. The number of aryl methyl sites for hydroxylation is 1. The molecule has 0 aromatic carbocycles. The zero-order valence-electron chi connectivity index (χ0n) is 15.4. The number of rotatable bonds is 5. The van der Waals surface area contributed by atoms with Crippen molar-refractivity contribution in [3.05, 3.63) is 11.8 Å². The van der Waals surface area contributed by atoms with Crippen LogP contribution in [0.25, 0.3) is 0 Å². The van der Waals surface area contributed by atoms with Gasteiger partial charge < -0.3 is 10.2 Å². The van der Waals surface area contributed by atoms with E-state index in [4.69, 9.17) is 4.98 Å². The molecule has 2 aliphatic rings. The third-order valence-electron chi connectivity index (χ3n) is 5.30. The molecule has 2 heterocycles. The first-order valence-electron chi connectivity index (χ1n) is 9.56. The maximum atomic E-state index is 11.8. The fraction of sp³-hybridized carbons (Fsp3) is 0.778. The molecular weight excluding hydrogens is 336 g/mol. The van der Waals surface area contributed by atoms with Crippen LogP contribution >= 0.6 is 0 Å². The zero-order valence-corrected chi connectivity index (χ0v) is 16.2. The molecule has 0 amide bonds. The second kappa shape index (κ2) is 7.89. The summed E-state index contributed by atoms with van der Waals surface area (Å²) in [6.45, 7) is 4.73. The summed E-state index contributed by atoms with van der Waals surface area (Å²) in [6.07, 6.45) is 8.25. The molecule has 2 fully saturated rings. The lowest BCUT2D eigenvalue weighted by molar-refractivity contribution is 0.598. The van der Waals surface area contributed by atoms with Crippen molar-refractivity contribution in [3.8, 4) is 0 Å². The smallest absolute Gasteiger partial charge is 0.227 e. The van der Waals surface area contributed by atoms with Gasteiger partial charge in [-0.1, -0.05) is 25.7 Å². The summed E-state index contributed by atoms with van der Waals surface area (Å²) in [6, 6.07) is 2.46. The van der Waals surface area contributed by atoms with E-state index >= 15 is 0 Å². The molecule has 140 valence electrons. The molecule has 1 aliphatic carbocycles. The van der Waals surface area contributed by atoms with Crippen LogP contribution in [0.15, 0.2) is 6.07 Å². The molecule has 6 nitrogen and oxygen atoms in total. The number of hydrogen-bond acceptors (Lipinski definition) is 6. The first kappa shape index (κ1) is 18.4. The normalized spacial score (nSPS) is 24.0. The van der Waals surface area contributed by atoms with Crippen LogP contribution in [-0.2, 0) is 9.84 Å². The van der Waals surface area contributed by atoms with Crippen molar-refractivity contribution < 1.29 is 8.42 Å². The van der Waals surface area contributed by atoms with Gasteiger partial charge in [-0.15, -0.1) is 0 Å². The highest BCUT2D eigenvalue weighted by atomic mass is 32.2. The molecule has 1 saturated heterocycles. The monoisotopic (exact) mass is 366 g/mol. The van der Waals surface area contributed by atoms with Gasteiger partial charge in [0, 0.05) is 30.4 Å². The van der Waals surface area contributed by atoms with Crippen molar-refractivity contribution in [2.24, 2.45) is 0 Å². The van der Waals surface area contributed by atoms with Crippen molar-refractivity contribution in [3.63, 3.8) is 0 Å². The van der Waals surface area contributed by atoms with E-state index in [9.17, 15) is 8.42 Å². The molecule has 1 aromatic heterocycles. The van der Waals surface area contributed by atoms with Gasteiger partial charge in [0.25, 0.3) is 0 Å². The van der Waals surface area contributed by atoms with Crippen LogP contribution in [0.2, 0.25) is 0 Å². The zero-order chi connectivity index (χ0) is 17.9. The molecule has 1 aliphatic heterocycles. The molecule has 0 spiro atoms. The minimum atomic E-state index is -2.92. The molecule has 1 unspecified atom stereocenters. The van der Waals surface area contributed by atoms with Gasteiger partial charge in [-0.3, -0.25) is 0 Å². The Labute approximate surface area is 151 Å². The van der Waals surface area contributed by atoms with Crippen molar-refractivity contribution >= 4 is 21.6 Å². The summed E-state index contributed by atoms with van der Waals surface area (Å²) >= 11 is 0. The highest BCUT2D eigenvalue weighted by molar-refractivity contribution is 7.91. The van der Waals surface area contributed by atoms with E-state index < -0.39 is 9.84 Å². The summed E-state index contributed by atoms with van der Waals surface area (Å²) in [4.78, 5) is 11.4. The first-order valence-corrected chi connectivity index (χ1v) is 11.4. The molecule has 1 atom stereocenters. The predicted octanol–water partition coefficient (Wildman–Crippen LogP) is 2.93. The molecule has 0 radical (unpaired) electrons. The van der Waals surface area contributed by atoms with Crippen LogP contribution < -0.4 is 10.2 Å². The van der Waals surface area contributed by atoms with Crippen LogP contribution in [0, 0.1) is 6.92 Å². The summed E-state index contributed by atoms with van der Waals surface area (Å²) in [7, 11) is -2.92. The quantitative estimate of drug-likeness (QED) is 0.808. The number of sulfone groups is 1. The maximum Gasteiger partial charge on any atom is 0.227 e. The predicted molar refractivity (Wildman–Crippen MR) is 102 cm³/mol. The molecule has 25 heavy (non-hydrogen) atoms. The maximum absolute atomic E-state index is 11.8. The van der Waals surface area contributed by atoms with E-state index in [1.807, 2.05) is 19.9 Å². The Morgan fingerprint density at radius 3 is 2.48 bits per heavy atom. The Balaban J connectivity index is 1.77. The largest absolute Gasteiger partial charge is 0.367 e. The lowest BCUT2D eigenvalue weighted by Gasteiger charge is -2.28. The number of hydrogen-bond donors (Lipinski definition) is 1. The van der Waals surface area contributed by atoms with Gasteiger partial charge in [0.05, 0.1) is 11.5 Å². The minimum Gasteiger partial charge on any atom is -0.367 e. The third-order valence-corrected chi connectivity index (χ3v) is 7.05. The second-order valence-corrected chi connectivity index (χ2v) is 9.60. The summed E-state index contributed by atoms with van der Waals surface area (Å²) < 4.78 is 23.7. The van der Waals surface area contributed by atoms with Crippen LogP contribution in [0.1, 0.15) is 57.6 Å². The van der Waals surface area contributed by atoms with Crippen molar-refractivity contribution in [2.45, 2.75) is 70.9 Å². The van der Waals surface area contributed by atoms with Gasteiger partial charge in [0.2, 0.25) is 5.95 Å². The van der Waals surface area contributed by atoms with E-state index in [0.717, 1.165) is 11.5 Å². The lowest BCUT2D eigenvalue weighted by atomic mass is 10.1. The Bertz CT molecular complexity index is 684. The van der Waals surface area contributed by atoms with Gasteiger partial charge in [-0.25, -0.2) is 13.4 Å². The van der Waals surface area contributed by atoms with Crippen LogP contribution in [-0.4, -0.2) is 48.5 Å². The Kier molecular flexibility index (Phi) is 5.81. The number of aromatic nitrogens is 2. The summed E-state index contributed by atoms with van der Waals surface area (Å²) in [5, 5.41) is 3.59. The topological polar surface area (TPSA) is 75.2 Å². The van der Waals surface area contributed by atoms with Gasteiger partial charge in [0.1, 0.15) is 5.82 Å². The van der Waals surface area contributed by atoms with E-state index in [0.29, 0.717) is 25.0 Å². The van der Waals surface area contributed by atoms with Crippen LogP contribution in [0.5, 0.6) is 0 Å². The van der Waals surface area contributed by atoms with Gasteiger partial charge in [0.15, 0.2) is 9.84 Å². The van der Waals surface area contributed by atoms with E-state index in [2.05, 4.69) is 15.2 Å². The summed E-state index contributed by atoms with van der Waals surface area (Å²) in [5.41, 5.74) is 0.917. The van der Waals surface area contributed by atoms with E-state index in [1.54, 1.807) is 0 Å². The average molecular weight is 367 g/mol. The second-order valence-electron chi connectivity index (χ2n) is 7.37.